The number of carbonyl (C=O) groups excluding carboxylic acids is 6. The molecule has 0 heterocycles. The zero-order chi connectivity index (χ0) is 39.1. The van der Waals surface area contributed by atoms with Crippen LogP contribution in [0.1, 0.15) is 62.2 Å². The molecule has 0 aromatic carbocycles. The van der Waals surface area contributed by atoms with Gasteiger partial charge in [0.1, 0.15) is 32.0 Å². The summed E-state index contributed by atoms with van der Waals surface area (Å²) in [5.41, 5.74) is 14.9. The molecule has 22 heteroatoms. The van der Waals surface area contributed by atoms with Crippen LogP contribution < -0.4 is 76.3 Å². The maximum absolute atomic E-state index is 11.6. The molecule has 16 nitrogen and oxygen atoms in total. The molecule has 0 spiro atoms. The van der Waals surface area contributed by atoms with E-state index in [1.807, 2.05) is 13.8 Å². The molecule has 0 radical (unpaired) electrons. The first-order valence-corrected chi connectivity index (χ1v) is 16.9. The monoisotopic (exact) mass is 877 g/mol. The average Bonchev–Trinajstić information content (AvgIpc) is 3.09. The summed E-state index contributed by atoms with van der Waals surface area (Å²) in [6.07, 6.45) is 1.59. The molecular weight excluding hydrogens is 815 g/mol. The fourth-order valence-electron chi connectivity index (χ4n) is 2.98. The number of thiol groups is 1. The summed E-state index contributed by atoms with van der Waals surface area (Å²) in [5.74, 6) is -3.87. The number of hydrogen-bond donors (Lipinski definition) is 7. The van der Waals surface area contributed by atoms with E-state index in [0.717, 1.165) is 12.2 Å². The SMILES string of the molecule is C.C=CC(=O)OCC(O)CCl.C=CC(N)=O.CCC(CC(C)C(=O)OCC(O)CS)C(N)=O.CCC(CC(C)C(N)=O)C(=O)OCC(O)CCl.S.[H-].[Na+].[Na+].[OH-]. The number of aliphatic hydroxyl groups is 3. The van der Waals surface area contributed by atoms with E-state index in [1.165, 1.54) is 0 Å². The molecule has 0 saturated heterocycles. The van der Waals surface area contributed by atoms with Crippen LogP contribution in [-0.2, 0) is 43.0 Å². The average molecular weight is 879 g/mol. The van der Waals surface area contributed by atoms with Gasteiger partial charge in [-0.3, -0.25) is 24.0 Å². The van der Waals surface area contributed by atoms with Crippen molar-refractivity contribution < 1.29 is 124 Å². The third-order valence-corrected chi connectivity index (χ3v) is 7.21. The second-order valence-corrected chi connectivity index (χ2v) is 11.4. The van der Waals surface area contributed by atoms with Crippen LogP contribution in [0.15, 0.2) is 25.3 Å². The van der Waals surface area contributed by atoms with Gasteiger partial charge in [-0.2, -0.15) is 26.1 Å². The smallest absolute Gasteiger partial charge is 1.00 e. The molecule has 0 aliphatic rings. The summed E-state index contributed by atoms with van der Waals surface area (Å²) >= 11 is 14.4. The number of nitrogens with two attached hydrogens (primary N) is 3. The van der Waals surface area contributed by atoms with Crippen LogP contribution in [-0.4, -0.2) is 112 Å². The predicted molar refractivity (Wildman–Crippen MR) is 209 cm³/mol. The summed E-state index contributed by atoms with van der Waals surface area (Å²) in [6, 6.07) is 0. The first-order valence-electron chi connectivity index (χ1n) is 15.2. The van der Waals surface area contributed by atoms with Gasteiger partial charge in [0, 0.05) is 23.7 Å². The number of alkyl halides is 2. The summed E-state index contributed by atoms with van der Waals surface area (Å²) in [7, 11) is 0. The number of esters is 3. The Kier molecular flexibility index (Phi) is 66.9. The molecule has 0 aliphatic carbocycles. The number of primary amides is 3. The predicted octanol–water partition coefficient (Wildman–Crippen LogP) is -4.31. The zero-order valence-corrected chi connectivity index (χ0v) is 39.0. The Bertz CT molecular complexity index is 1020. The number of halogens is 2. The number of carbonyl (C=O) groups is 6. The van der Waals surface area contributed by atoms with Gasteiger partial charge in [0.05, 0.1) is 29.7 Å². The van der Waals surface area contributed by atoms with E-state index in [9.17, 15) is 33.9 Å². The second kappa shape index (κ2) is 48.6. The van der Waals surface area contributed by atoms with Crippen molar-refractivity contribution in [2.75, 3.05) is 37.3 Å². The van der Waals surface area contributed by atoms with Gasteiger partial charge >= 0.3 is 77.0 Å². The van der Waals surface area contributed by atoms with E-state index in [-0.39, 0.29) is 142 Å². The van der Waals surface area contributed by atoms with Crippen molar-refractivity contribution in [3.05, 3.63) is 25.3 Å². The number of aliphatic hydroxyl groups excluding tert-OH is 3. The van der Waals surface area contributed by atoms with E-state index in [4.69, 9.17) is 54.4 Å². The van der Waals surface area contributed by atoms with Crippen LogP contribution in [0.25, 0.3) is 0 Å². The zero-order valence-electron chi connectivity index (χ0n) is 32.6. The Labute approximate surface area is 388 Å². The van der Waals surface area contributed by atoms with Gasteiger partial charge in [0.2, 0.25) is 17.7 Å². The molecule has 0 aromatic heterocycles. The van der Waals surface area contributed by atoms with Crippen molar-refractivity contribution in [1.82, 2.24) is 0 Å². The molecule has 3 amide bonds. The molecule has 0 fully saturated rings. The van der Waals surface area contributed by atoms with Gasteiger partial charge in [-0.05, 0) is 31.8 Å². The molecule has 7 unspecified atom stereocenters. The Morgan fingerprint density at radius 2 is 1.09 bits per heavy atom. The standard InChI is InChI=1S/C11H20ClNO4.C11H21NO4S.C6H9ClO3.C3H5NO.CH4.2Na.H2O.H2S.H/c1-3-8(4-7(2)10(13)15)11(16)17-6-9(14)5-12;1-3-8(10(12)14)4-7(2)11(15)16-5-9(13)6-17;1-2-6(9)10-4-5(8)3-7;1-2-3(4)5;;;;;;/h7-9,14H,3-6H2,1-2H3,(H2,13,15);7-9,13,17H,3-6H2,1-2H3,(H2,12,14);2,5,8H,1,3-4H2;2H,1H2,(H2,4,5);1H4;;;2*1H2;/q;;;;;2*+1;;;-1/p-1. The van der Waals surface area contributed by atoms with Crippen molar-refractivity contribution in [3.8, 4) is 0 Å². The maximum Gasteiger partial charge on any atom is 1.00 e. The Balaban J connectivity index is -0.0000000631. The van der Waals surface area contributed by atoms with Crippen molar-refractivity contribution in [1.29, 1.82) is 0 Å². The second-order valence-electron chi connectivity index (χ2n) is 10.4. The summed E-state index contributed by atoms with van der Waals surface area (Å²) in [5, 5.41) is 27.1. The molecule has 0 bridgehead atoms. The number of hydrogen-bond acceptors (Lipinski definition) is 14. The third kappa shape index (κ3) is 47.6. The molecule has 0 saturated carbocycles. The number of ether oxygens (including phenoxy) is 3. The van der Waals surface area contributed by atoms with Crippen molar-refractivity contribution >= 4 is 85.0 Å². The normalized spacial score (nSPS) is 12.9. The summed E-state index contributed by atoms with van der Waals surface area (Å²) < 4.78 is 14.2. The topological polar surface area (TPSA) is 299 Å². The van der Waals surface area contributed by atoms with Gasteiger partial charge in [0.15, 0.2) is 0 Å². The van der Waals surface area contributed by atoms with E-state index in [0.29, 0.717) is 25.7 Å². The van der Waals surface area contributed by atoms with Crippen LogP contribution in [0.2, 0.25) is 0 Å². The van der Waals surface area contributed by atoms with Gasteiger partial charge in [-0.15, -0.1) is 23.2 Å². The first kappa shape index (κ1) is 74.4. The summed E-state index contributed by atoms with van der Waals surface area (Å²) in [4.78, 5) is 64.9. The first-order chi connectivity index (χ1) is 22.8. The number of rotatable bonds is 21. The quantitative estimate of drug-likeness (QED) is 0.0144. The van der Waals surface area contributed by atoms with Crippen LogP contribution >= 0.6 is 49.3 Å². The minimum atomic E-state index is -0.855. The molecule has 312 valence electrons. The molecular formula is C32H63Cl2N3Na2O13S2. The van der Waals surface area contributed by atoms with Crippen molar-refractivity contribution in [2.45, 2.75) is 79.1 Å². The third-order valence-electron chi connectivity index (χ3n) is 6.07. The van der Waals surface area contributed by atoms with E-state index >= 15 is 0 Å². The molecule has 54 heavy (non-hydrogen) atoms. The van der Waals surface area contributed by atoms with Gasteiger partial charge in [0.25, 0.3) is 0 Å². The minimum Gasteiger partial charge on any atom is -1.00 e. The molecule has 0 aliphatic heterocycles. The van der Waals surface area contributed by atoms with E-state index < -0.39 is 59.9 Å². The maximum atomic E-state index is 11.6. The fraction of sp³-hybridized carbons (Fsp3) is 0.688. The number of amides is 3. The molecule has 7 atom stereocenters. The van der Waals surface area contributed by atoms with E-state index in [2.05, 4.69) is 36.3 Å². The van der Waals surface area contributed by atoms with Gasteiger partial charge < -0.3 is 53.6 Å². The summed E-state index contributed by atoms with van der Waals surface area (Å²) in [6.45, 7) is 13.0. The van der Waals surface area contributed by atoms with Crippen LogP contribution in [0.3, 0.4) is 0 Å². The van der Waals surface area contributed by atoms with Crippen LogP contribution in [0, 0.1) is 23.7 Å². The molecule has 0 aromatic rings. The van der Waals surface area contributed by atoms with Crippen LogP contribution in [0.4, 0.5) is 0 Å². The van der Waals surface area contributed by atoms with E-state index in [1.54, 1.807) is 13.8 Å². The van der Waals surface area contributed by atoms with Crippen molar-refractivity contribution in [2.24, 2.45) is 40.9 Å². The van der Waals surface area contributed by atoms with Crippen molar-refractivity contribution in [3.63, 3.8) is 0 Å². The fourth-order valence-corrected chi connectivity index (χ4v) is 3.26. The minimum absolute atomic E-state index is 0. The van der Waals surface area contributed by atoms with Crippen LogP contribution in [0.5, 0.6) is 0 Å². The Morgan fingerprint density at radius 3 is 1.41 bits per heavy atom. The van der Waals surface area contributed by atoms with Gasteiger partial charge in [-0.25, -0.2) is 4.79 Å². The molecule has 0 rings (SSSR count). The largest absolute Gasteiger partial charge is 1.00 e. The molecule has 10 N–H and O–H groups in total. The Morgan fingerprint density at radius 1 is 0.722 bits per heavy atom. The van der Waals surface area contributed by atoms with Gasteiger partial charge in [-0.1, -0.05) is 48.3 Å². The Hall–Kier alpha value is -0.580.